The van der Waals surface area contributed by atoms with E-state index in [2.05, 4.69) is 15.3 Å². The number of carboxylic acids is 1. The average molecular weight is 358 g/mol. The van der Waals surface area contributed by atoms with Crippen LogP contribution in [0.2, 0.25) is 5.22 Å². The number of aryl methyl sites for hydroxylation is 1. The second kappa shape index (κ2) is 6.94. The Morgan fingerprint density at radius 2 is 1.92 bits per heavy atom. The van der Waals surface area contributed by atoms with Crippen molar-refractivity contribution in [2.45, 2.75) is 20.3 Å². The van der Waals surface area contributed by atoms with Gasteiger partial charge < -0.3 is 14.8 Å². The van der Waals surface area contributed by atoms with Crippen LogP contribution in [0.3, 0.4) is 0 Å². The van der Waals surface area contributed by atoms with Crippen molar-refractivity contribution in [2.24, 2.45) is 0 Å². The van der Waals surface area contributed by atoms with Gasteiger partial charge in [0.1, 0.15) is 5.82 Å². The Morgan fingerprint density at radius 1 is 1.20 bits per heavy atom. The van der Waals surface area contributed by atoms with Crippen molar-refractivity contribution in [3.05, 3.63) is 58.4 Å². The van der Waals surface area contributed by atoms with E-state index in [0.717, 1.165) is 23.4 Å². The number of benzene rings is 1. The third kappa shape index (κ3) is 3.64. The third-order valence-corrected chi connectivity index (χ3v) is 3.96. The van der Waals surface area contributed by atoms with Gasteiger partial charge in [-0.3, -0.25) is 0 Å². The van der Waals surface area contributed by atoms with Crippen LogP contribution in [0.1, 0.15) is 28.5 Å². The molecule has 0 aliphatic heterocycles. The largest absolute Gasteiger partial charge is 0.478 e. The van der Waals surface area contributed by atoms with Crippen molar-refractivity contribution < 1.29 is 14.3 Å². The fraction of sp³-hybridized carbons (Fsp3) is 0.167. The molecule has 0 aliphatic rings. The number of halogens is 1. The van der Waals surface area contributed by atoms with Gasteiger partial charge in [0.25, 0.3) is 0 Å². The van der Waals surface area contributed by atoms with Gasteiger partial charge in [-0.2, -0.15) is 0 Å². The van der Waals surface area contributed by atoms with Crippen molar-refractivity contribution >= 4 is 29.1 Å². The lowest BCUT2D eigenvalue weighted by molar-refractivity contribution is 0.0697. The molecule has 7 heteroatoms. The Balaban J connectivity index is 1.98. The second-order valence-electron chi connectivity index (χ2n) is 5.42. The van der Waals surface area contributed by atoms with E-state index in [9.17, 15) is 4.79 Å². The molecule has 0 amide bonds. The molecule has 0 saturated carbocycles. The smallest absolute Gasteiger partial charge is 0.335 e. The van der Waals surface area contributed by atoms with Crippen LogP contribution in [-0.2, 0) is 6.42 Å². The number of hydrogen-bond acceptors (Lipinski definition) is 5. The van der Waals surface area contributed by atoms with Crippen LogP contribution in [0.5, 0.6) is 0 Å². The molecule has 3 rings (SSSR count). The van der Waals surface area contributed by atoms with E-state index < -0.39 is 5.97 Å². The summed E-state index contributed by atoms with van der Waals surface area (Å²) in [6, 6.07) is 9.83. The summed E-state index contributed by atoms with van der Waals surface area (Å²) in [7, 11) is 0. The van der Waals surface area contributed by atoms with Gasteiger partial charge in [-0.1, -0.05) is 6.92 Å². The number of nitrogens with zero attached hydrogens (tertiary/aromatic N) is 2. The predicted molar refractivity (Wildman–Crippen MR) is 95.5 cm³/mol. The van der Waals surface area contributed by atoms with Gasteiger partial charge in [0.15, 0.2) is 16.8 Å². The molecule has 0 fully saturated rings. The standard InChI is InChI=1S/C18H16ClN3O3/c1-3-13-10(2)20-17(14-8-9-15(19)25-14)22-16(13)21-12-6-4-11(5-7-12)18(23)24/h4-9H,3H2,1-2H3,(H,23,24)(H,20,21,22). The SMILES string of the molecule is CCc1c(C)nc(-c2ccc(Cl)o2)nc1Nc1ccc(C(=O)O)cc1. The number of rotatable bonds is 5. The molecule has 0 atom stereocenters. The zero-order chi connectivity index (χ0) is 18.0. The van der Waals surface area contributed by atoms with E-state index in [1.807, 2.05) is 13.8 Å². The second-order valence-corrected chi connectivity index (χ2v) is 5.80. The summed E-state index contributed by atoms with van der Waals surface area (Å²) < 4.78 is 5.39. The van der Waals surface area contributed by atoms with Crippen molar-refractivity contribution in [1.29, 1.82) is 0 Å². The van der Waals surface area contributed by atoms with E-state index in [4.69, 9.17) is 21.1 Å². The highest BCUT2D eigenvalue weighted by molar-refractivity contribution is 6.28. The van der Waals surface area contributed by atoms with Crippen LogP contribution >= 0.6 is 11.6 Å². The normalized spacial score (nSPS) is 10.7. The number of hydrogen-bond donors (Lipinski definition) is 2. The van der Waals surface area contributed by atoms with Crippen LogP contribution in [-0.4, -0.2) is 21.0 Å². The van der Waals surface area contributed by atoms with Gasteiger partial charge >= 0.3 is 5.97 Å². The van der Waals surface area contributed by atoms with E-state index in [1.165, 1.54) is 12.1 Å². The first-order chi connectivity index (χ1) is 12.0. The fourth-order valence-electron chi connectivity index (χ4n) is 2.50. The van der Waals surface area contributed by atoms with Crippen molar-refractivity contribution in [2.75, 3.05) is 5.32 Å². The minimum absolute atomic E-state index is 0.228. The number of aromatic carboxylic acids is 1. The first kappa shape index (κ1) is 17.0. The Kier molecular flexibility index (Phi) is 4.72. The molecule has 3 aromatic rings. The highest BCUT2D eigenvalue weighted by Crippen LogP contribution is 2.27. The number of carbonyl (C=O) groups is 1. The predicted octanol–water partition coefficient (Wildman–Crippen LogP) is 4.70. The van der Waals surface area contributed by atoms with Crippen LogP contribution in [0.15, 0.2) is 40.8 Å². The van der Waals surface area contributed by atoms with Crippen LogP contribution in [0.25, 0.3) is 11.6 Å². The van der Waals surface area contributed by atoms with Gasteiger partial charge in [-0.25, -0.2) is 14.8 Å². The molecule has 2 heterocycles. The Hall–Kier alpha value is -2.86. The van der Waals surface area contributed by atoms with Gasteiger partial charge in [-0.05, 0) is 61.3 Å². The minimum Gasteiger partial charge on any atom is -0.478 e. The molecule has 6 nitrogen and oxygen atoms in total. The van der Waals surface area contributed by atoms with Gasteiger partial charge in [-0.15, -0.1) is 0 Å². The van der Waals surface area contributed by atoms with E-state index in [0.29, 0.717) is 17.4 Å². The van der Waals surface area contributed by atoms with Crippen LogP contribution in [0.4, 0.5) is 11.5 Å². The molecule has 0 unspecified atom stereocenters. The van der Waals surface area contributed by atoms with Gasteiger partial charge in [0.05, 0.1) is 5.56 Å². The zero-order valence-electron chi connectivity index (χ0n) is 13.7. The summed E-state index contributed by atoms with van der Waals surface area (Å²) in [6.45, 7) is 3.93. The first-order valence-corrected chi connectivity index (χ1v) is 8.09. The third-order valence-electron chi connectivity index (χ3n) is 3.76. The lowest BCUT2D eigenvalue weighted by atomic mass is 10.1. The van der Waals surface area contributed by atoms with Crippen molar-refractivity contribution in [1.82, 2.24) is 9.97 Å². The lowest BCUT2D eigenvalue weighted by Gasteiger charge is -2.13. The summed E-state index contributed by atoms with van der Waals surface area (Å²) in [5.74, 6) is 0.613. The number of furan rings is 1. The Bertz CT molecular complexity index is 920. The minimum atomic E-state index is -0.962. The van der Waals surface area contributed by atoms with Crippen molar-refractivity contribution in [3.63, 3.8) is 0 Å². The van der Waals surface area contributed by atoms with Crippen molar-refractivity contribution in [3.8, 4) is 11.6 Å². The Labute approximate surface area is 149 Å². The highest BCUT2D eigenvalue weighted by Gasteiger charge is 2.14. The van der Waals surface area contributed by atoms with Gasteiger partial charge in [0, 0.05) is 16.9 Å². The average Bonchev–Trinajstić information content (AvgIpc) is 3.01. The molecule has 128 valence electrons. The first-order valence-electron chi connectivity index (χ1n) is 7.71. The molecule has 0 radical (unpaired) electrons. The summed E-state index contributed by atoms with van der Waals surface area (Å²) in [5.41, 5.74) is 2.78. The van der Waals surface area contributed by atoms with Gasteiger partial charge in [0.2, 0.25) is 0 Å². The molecule has 2 aromatic heterocycles. The quantitative estimate of drug-likeness (QED) is 0.687. The topological polar surface area (TPSA) is 88.3 Å². The molecule has 0 spiro atoms. The maximum atomic E-state index is 11.0. The molecule has 25 heavy (non-hydrogen) atoms. The lowest BCUT2D eigenvalue weighted by Crippen LogP contribution is -2.05. The summed E-state index contributed by atoms with van der Waals surface area (Å²) >= 11 is 5.83. The maximum Gasteiger partial charge on any atom is 0.335 e. The molecular weight excluding hydrogens is 342 g/mol. The monoisotopic (exact) mass is 357 g/mol. The van der Waals surface area contributed by atoms with E-state index in [1.54, 1.807) is 24.3 Å². The molecule has 0 saturated heterocycles. The molecule has 0 aliphatic carbocycles. The number of anilines is 2. The molecule has 2 N–H and O–H groups in total. The number of carboxylic acid groups (broad SMARTS) is 1. The van der Waals surface area contributed by atoms with E-state index >= 15 is 0 Å². The van der Waals surface area contributed by atoms with Crippen LogP contribution < -0.4 is 5.32 Å². The maximum absolute atomic E-state index is 11.0. The molecule has 0 bridgehead atoms. The molecule has 1 aromatic carbocycles. The number of aromatic nitrogens is 2. The zero-order valence-corrected chi connectivity index (χ0v) is 14.5. The fourth-order valence-corrected chi connectivity index (χ4v) is 2.65. The highest BCUT2D eigenvalue weighted by atomic mass is 35.5. The summed E-state index contributed by atoms with van der Waals surface area (Å²) in [5, 5.41) is 12.5. The summed E-state index contributed by atoms with van der Waals surface area (Å²) in [6.07, 6.45) is 0.751. The summed E-state index contributed by atoms with van der Waals surface area (Å²) in [4.78, 5) is 20.0. The Morgan fingerprint density at radius 3 is 2.48 bits per heavy atom. The van der Waals surface area contributed by atoms with E-state index in [-0.39, 0.29) is 10.8 Å². The number of nitrogens with one attached hydrogen (secondary N) is 1. The van der Waals surface area contributed by atoms with Crippen LogP contribution in [0, 0.1) is 6.92 Å². The molecular formula is C18H16ClN3O3.